The summed E-state index contributed by atoms with van der Waals surface area (Å²) in [5, 5.41) is 9.31. The zero-order valence-electron chi connectivity index (χ0n) is 9.16. The molecule has 3 heteroatoms. The third-order valence-electron chi connectivity index (χ3n) is 2.62. The molecule has 17 heavy (non-hydrogen) atoms. The molecule has 0 saturated carbocycles. The second kappa shape index (κ2) is 5.19. The van der Waals surface area contributed by atoms with Crippen LogP contribution in [0.3, 0.4) is 0 Å². The van der Waals surface area contributed by atoms with Gasteiger partial charge in [0.05, 0.1) is 5.02 Å². The van der Waals surface area contributed by atoms with Crippen LogP contribution in [0.15, 0.2) is 42.5 Å². The first kappa shape index (κ1) is 11.9. The highest BCUT2D eigenvalue weighted by atomic mass is 35.5. The SMILES string of the molecule is Oc1ccc(CCc2ccc(F)c(Cl)c2)cc1. The van der Waals surface area contributed by atoms with Crippen molar-refractivity contribution in [2.24, 2.45) is 0 Å². The summed E-state index contributed by atoms with van der Waals surface area (Å²) >= 11 is 5.71. The van der Waals surface area contributed by atoms with Gasteiger partial charge in [0.1, 0.15) is 11.6 Å². The van der Waals surface area contributed by atoms with Crippen molar-refractivity contribution in [2.45, 2.75) is 12.8 Å². The van der Waals surface area contributed by atoms with Crippen LogP contribution < -0.4 is 0 Å². The maximum atomic E-state index is 12.9. The van der Waals surface area contributed by atoms with Crippen molar-refractivity contribution < 1.29 is 9.50 Å². The average molecular weight is 251 g/mol. The molecule has 88 valence electrons. The van der Waals surface area contributed by atoms with Gasteiger partial charge in [-0.15, -0.1) is 0 Å². The number of hydrogen-bond donors (Lipinski definition) is 1. The summed E-state index contributed by atoms with van der Waals surface area (Å²) < 4.78 is 12.9. The summed E-state index contributed by atoms with van der Waals surface area (Å²) in [6.45, 7) is 0. The van der Waals surface area contributed by atoms with Gasteiger partial charge in [-0.3, -0.25) is 0 Å². The number of halogens is 2. The highest BCUT2D eigenvalue weighted by molar-refractivity contribution is 6.30. The highest BCUT2D eigenvalue weighted by Crippen LogP contribution is 2.18. The summed E-state index contributed by atoms with van der Waals surface area (Å²) in [7, 11) is 0. The molecule has 0 bridgehead atoms. The van der Waals surface area contributed by atoms with Gasteiger partial charge in [-0.2, -0.15) is 0 Å². The van der Waals surface area contributed by atoms with Crippen LogP contribution in [0.25, 0.3) is 0 Å². The van der Waals surface area contributed by atoms with E-state index in [-0.39, 0.29) is 16.6 Å². The summed E-state index contributed by atoms with van der Waals surface area (Å²) in [5.41, 5.74) is 2.13. The normalized spacial score (nSPS) is 10.5. The van der Waals surface area contributed by atoms with E-state index in [9.17, 15) is 4.39 Å². The van der Waals surface area contributed by atoms with Crippen molar-refractivity contribution in [1.82, 2.24) is 0 Å². The molecule has 0 aromatic heterocycles. The zero-order valence-corrected chi connectivity index (χ0v) is 9.91. The standard InChI is InChI=1S/C14H12ClFO/c15-13-9-11(5-8-14(13)16)2-1-10-3-6-12(17)7-4-10/h3-9,17H,1-2H2. The third kappa shape index (κ3) is 3.21. The van der Waals surface area contributed by atoms with Crippen molar-refractivity contribution in [1.29, 1.82) is 0 Å². The van der Waals surface area contributed by atoms with E-state index >= 15 is 0 Å². The molecule has 2 aromatic rings. The number of rotatable bonds is 3. The van der Waals surface area contributed by atoms with E-state index in [0.29, 0.717) is 0 Å². The maximum Gasteiger partial charge on any atom is 0.141 e. The molecule has 1 N–H and O–H groups in total. The minimum absolute atomic E-state index is 0.160. The first-order valence-electron chi connectivity index (χ1n) is 5.37. The average Bonchev–Trinajstić information content (AvgIpc) is 2.33. The van der Waals surface area contributed by atoms with Crippen molar-refractivity contribution >= 4 is 11.6 Å². The Kier molecular flexibility index (Phi) is 3.64. The van der Waals surface area contributed by atoms with Crippen LogP contribution in [0, 0.1) is 5.82 Å². The number of phenolic OH excluding ortho intramolecular Hbond substituents is 1. The molecule has 1 nitrogen and oxygen atoms in total. The number of hydrogen-bond acceptors (Lipinski definition) is 1. The minimum atomic E-state index is -0.389. The molecule has 0 radical (unpaired) electrons. The van der Waals surface area contributed by atoms with E-state index in [1.54, 1.807) is 24.3 Å². The van der Waals surface area contributed by atoms with Gasteiger partial charge in [0, 0.05) is 0 Å². The van der Waals surface area contributed by atoms with Crippen LogP contribution >= 0.6 is 11.6 Å². The first-order chi connectivity index (χ1) is 8.15. The second-order valence-corrected chi connectivity index (χ2v) is 4.32. The molecule has 0 spiro atoms. The molecule has 2 rings (SSSR count). The van der Waals surface area contributed by atoms with Crippen molar-refractivity contribution in [3.05, 3.63) is 64.4 Å². The Labute approximate surface area is 104 Å². The molecule has 0 aliphatic heterocycles. The fourth-order valence-corrected chi connectivity index (χ4v) is 1.85. The molecule has 0 heterocycles. The van der Waals surface area contributed by atoms with Gasteiger partial charge in [-0.25, -0.2) is 4.39 Å². The maximum absolute atomic E-state index is 12.9. The van der Waals surface area contributed by atoms with E-state index in [2.05, 4.69) is 0 Å². The van der Waals surface area contributed by atoms with Crippen molar-refractivity contribution in [2.75, 3.05) is 0 Å². The molecule has 0 aliphatic carbocycles. The Bertz CT molecular complexity index is 508. The summed E-state index contributed by atoms with van der Waals surface area (Å²) in [5.74, 6) is -0.126. The Morgan fingerprint density at radius 2 is 1.53 bits per heavy atom. The molecule has 2 aromatic carbocycles. The molecule has 0 aliphatic rings. The van der Waals surface area contributed by atoms with Crippen molar-refractivity contribution in [3.8, 4) is 5.75 Å². The van der Waals surface area contributed by atoms with Gasteiger partial charge in [0.15, 0.2) is 0 Å². The van der Waals surface area contributed by atoms with Gasteiger partial charge in [-0.1, -0.05) is 29.8 Å². The van der Waals surface area contributed by atoms with Gasteiger partial charge in [0.25, 0.3) is 0 Å². The van der Waals surface area contributed by atoms with Gasteiger partial charge >= 0.3 is 0 Å². The van der Waals surface area contributed by atoms with Crippen molar-refractivity contribution in [3.63, 3.8) is 0 Å². The summed E-state index contributed by atoms with van der Waals surface area (Å²) in [4.78, 5) is 0. The molecule has 0 unspecified atom stereocenters. The van der Waals surface area contributed by atoms with Gasteiger partial charge in [0.2, 0.25) is 0 Å². The van der Waals surface area contributed by atoms with Crippen LogP contribution in [-0.4, -0.2) is 5.11 Å². The minimum Gasteiger partial charge on any atom is -0.508 e. The first-order valence-corrected chi connectivity index (χ1v) is 5.75. The number of aryl methyl sites for hydroxylation is 2. The molecular formula is C14H12ClFO. The number of aromatic hydroxyl groups is 1. The van der Waals surface area contributed by atoms with E-state index in [0.717, 1.165) is 24.0 Å². The Morgan fingerprint density at radius 3 is 2.18 bits per heavy atom. The van der Waals surface area contributed by atoms with Crippen LogP contribution in [0.5, 0.6) is 5.75 Å². The highest BCUT2D eigenvalue weighted by Gasteiger charge is 2.01. The second-order valence-electron chi connectivity index (χ2n) is 3.91. The predicted octanol–water partition coefficient (Wildman–Crippen LogP) is 3.97. The summed E-state index contributed by atoms with van der Waals surface area (Å²) in [6.07, 6.45) is 1.63. The quantitative estimate of drug-likeness (QED) is 0.874. The van der Waals surface area contributed by atoms with Crippen LogP contribution in [0.1, 0.15) is 11.1 Å². The van der Waals surface area contributed by atoms with Crippen LogP contribution in [-0.2, 0) is 12.8 Å². The molecule has 0 fully saturated rings. The van der Waals surface area contributed by atoms with E-state index < -0.39 is 0 Å². The van der Waals surface area contributed by atoms with Crippen LogP contribution in [0.2, 0.25) is 5.02 Å². The van der Waals surface area contributed by atoms with Crippen LogP contribution in [0.4, 0.5) is 4.39 Å². The fourth-order valence-electron chi connectivity index (χ4n) is 1.65. The van der Waals surface area contributed by atoms with Gasteiger partial charge in [-0.05, 0) is 48.2 Å². The topological polar surface area (TPSA) is 20.2 Å². The van der Waals surface area contributed by atoms with E-state index in [4.69, 9.17) is 16.7 Å². The Morgan fingerprint density at radius 1 is 0.941 bits per heavy atom. The Hall–Kier alpha value is -1.54. The Balaban J connectivity index is 2.02. The lowest BCUT2D eigenvalue weighted by Crippen LogP contribution is -1.91. The smallest absolute Gasteiger partial charge is 0.141 e. The molecule has 0 atom stereocenters. The third-order valence-corrected chi connectivity index (χ3v) is 2.91. The fraction of sp³-hybridized carbons (Fsp3) is 0.143. The number of benzene rings is 2. The number of phenols is 1. The van der Waals surface area contributed by atoms with E-state index in [1.165, 1.54) is 6.07 Å². The summed E-state index contributed by atoms with van der Waals surface area (Å²) in [6, 6.07) is 11.8. The molecule has 0 amide bonds. The lowest BCUT2D eigenvalue weighted by atomic mass is 10.0. The lowest BCUT2D eigenvalue weighted by Gasteiger charge is -2.03. The van der Waals surface area contributed by atoms with E-state index in [1.807, 2.05) is 12.1 Å². The molecular weight excluding hydrogens is 239 g/mol. The largest absolute Gasteiger partial charge is 0.508 e. The monoisotopic (exact) mass is 250 g/mol. The predicted molar refractivity (Wildman–Crippen MR) is 66.9 cm³/mol. The zero-order chi connectivity index (χ0) is 12.3. The lowest BCUT2D eigenvalue weighted by molar-refractivity contribution is 0.475. The van der Waals surface area contributed by atoms with Gasteiger partial charge < -0.3 is 5.11 Å². The molecule has 0 saturated heterocycles.